The van der Waals surface area contributed by atoms with Gasteiger partial charge in [-0.25, -0.2) is 4.79 Å². The number of rotatable bonds is 14. The number of hydrogen-bond donors (Lipinski definition) is 9. The summed E-state index contributed by atoms with van der Waals surface area (Å²) >= 11 is 7.87. The highest BCUT2D eigenvalue weighted by Gasteiger charge is 2.29. The van der Waals surface area contributed by atoms with Gasteiger partial charge in [0, 0.05) is 17.9 Å². The highest BCUT2D eigenvalue weighted by molar-refractivity contribution is 7.80. The minimum atomic E-state index is -1.49. The summed E-state index contributed by atoms with van der Waals surface area (Å²) in [5.41, 5.74) is 10.4. The lowest BCUT2D eigenvalue weighted by Gasteiger charge is -2.23. The molecule has 0 radical (unpaired) electrons. The molecule has 0 saturated heterocycles. The van der Waals surface area contributed by atoms with E-state index < -0.39 is 72.6 Å². The number of hydrogen-bond acceptors (Lipinski definition) is 9. The first-order valence-corrected chi connectivity index (χ1v) is 9.80. The summed E-state index contributed by atoms with van der Waals surface area (Å²) in [4.78, 5) is 69.1. The van der Waals surface area contributed by atoms with E-state index in [2.05, 4.69) is 41.2 Å². The van der Waals surface area contributed by atoms with Crippen molar-refractivity contribution in [2.75, 3.05) is 11.5 Å². The van der Waals surface area contributed by atoms with Crippen molar-refractivity contribution in [3.63, 3.8) is 0 Å². The number of carboxylic acids is 2. The number of carbonyl (C=O) groups is 6. The lowest BCUT2D eigenvalue weighted by molar-refractivity contribution is -0.143. The normalized spacial score (nSPS) is 14.5. The Morgan fingerprint density at radius 2 is 1.23 bits per heavy atom. The SMILES string of the molecule is NC(=O)CC(N)C(=O)NC(CS)C(=O)NC(CS)C(=O)NC(CCC(=O)O)C(=O)O. The maximum atomic E-state index is 12.3. The molecule has 0 bridgehead atoms. The molecule has 0 aliphatic carbocycles. The summed E-state index contributed by atoms with van der Waals surface area (Å²) in [5.74, 6) is -6.49. The topological polar surface area (TPSA) is 231 Å². The number of aliphatic carboxylic acids is 2. The standard InChI is InChI=1S/C15H25N5O8S2/c16-6(3-10(17)21)12(24)19-8(4-29)14(26)20-9(5-30)13(25)18-7(15(27)28)1-2-11(22)23/h6-9,29-30H,1-5,16H2,(H2,17,21)(H,18,25)(H,19,24)(H,20,26)(H,22,23)(H,27,28). The molecule has 15 heteroatoms. The van der Waals surface area contributed by atoms with Crippen LogP contribution in [0.1, 0.15) is 19.3 Å². The Morgan fingerprint density at radius 3 is 1.60 bits per heavy atom. The molecular weight excluding hydrogens is 442 g/mol. The lowest BCUT2D eigenvalue weighted by atomic mass is 10.1. The minimum Gasteiger partial charge on any atom is -0.481 e. The minimum absolute atomic E-state index is 0.182. The molecule has 4 unspecified atom stereocenters. The summed E-state index contributed by atoms with van der Waals surface area (Å²) in [5, 5.41) is 24.4. The fourth-order valence-corrected chi connectivity index (χ4v) is 2.56. The van der Waals surface area contributed by atoms with Gasteiger partial charge in [0.15, 0.2) is 0 Å². The van der Waals surface area contributed by atoms with Crippen LogP contribution in [0.5, 0.6) is 0 Å². The molecule has 9 N–H and O–H groups in total. The highest BCUT2D eigenvalue weighted by Crippen LogP contribution is 2.01. The first-order valence-electron chi connectivity index (χ1n) is 8.54. The molecule has 0 aliphatic rings. The Hall–Kier alpha value is -2.52. The second-order valence-corrected chi connectivity index (χ2v) is 6.83. The highest BCUT2D eigenvalue weighted by atomic mass is 32.1. The predicted molar refractivity (Wildman–Crippen MR) is 110 cm³/mol. The van der Waals surface area contributed by atoms with Crippen LogP contribution in [0.15, 0.2) is 0 Å². The predicted octanol–water partition coefficient (Wildman–Crippen LogP) is -3.55. The fraction of sp³-hybridized carbons (Fsp3) is 0.600. The van der Waals surface area contributed by atoms with Gasteiger partial charge < -0.3 is 37.6 Å². The van der Waals surface area contributed by atoms with Gasteiger partial charge in [-0.2, -0.15) is 25.3 Å². The van der Waals surface area contributed by atoms with E-state index in [1.807, 2.05) is 0 Å². The average Bonchev–Trinajstić information content (AvgIpc) is 2.65. The molecule has 0 aromatic heterocycles. The number of carbonyl (C=O) groups excluding carboxylic acids is 4. The summed E-state index contributed by atoms with van der Waals surface area (Å²) < 4.78 is 0. The van der Waals surface area contributed by atoms with Crippen LogP contribution in [0.2, 0.25) is 0 Å². The van der Waals surface area contributed by atoms with Gasteiger partial charge in [0.25, 0.3) is 0 Å². The number of thiol groups is 2. The summed E-state index contributed by atoms with van der Waals surface area (Å²) in [6.45, 7) is 0. The summed E-state index contributed by atoms with van der Waals surface area (Å²) in [6.07, 6.45) is -1.30. The van der Waals surface area contributed by atoms with Gasteiger partial charge in [-0.3, -0.25) is 24.0 Å². The van der Waals surface area contributed by atoms with E-state index in [1.54, 1.807) is 0 Å². The Kier molecular flexibility index (Phi) is 12.5. The molecular formula is C15H25N5O8S2. The maximum absolute atomic E-state index is 12.3. The third kappa shape index (κ3) is 10.3. The zero-order chi connectivity index (χ0) is 23.4. The number of primary amides is 1. The quantitative estimate of drug-likeness (QED) is 0.115. The van der Waals surface area contributed by atoms with Crippen molar-refractivity contribution in [3.05, 3.63) is 0 Å². The van der Waals surface area contributed by atoms with Crippen LogP contribution in [0.4, 0.5) is 0 Å². The maximum Gasteiger partial charge on any atom is 0.326 e. The Morgan fingerprint density at radius 1 is 0.800 bits per heavy atom. The van der Waals surface area contributed by atoms with Gasteiger partial charge in [-0.15, -0.1) is 0 Å². The van der Waals surface area contributed by atoms with Gasteiger partial charge in [0.05, 0.1) is 12.5 Å². The van der Waals surface area contributed by atoms with Gasteiger partial charge in [0.1, 0.15) is 18.1 Å². The summed E-state index contributed by atoms with van der Waals surface area (Å²) in [7, 11) is 0. The molecule has 170 valence electrons. The van der Waals surface area contributed by atoms with Crippen molar-refractivity contribution in [2.45, 2.75) is 43.4 Å². The summed E-state index contributed by atoms with van der Waals surface area (Å²) in [6, 6.07) is -5.28. The van der Waals surface area contributed by atoms with Gasteiger partial charge >= 0.3 is 11.9 Å². The molecule has 0 aromatic carbocycles. The molecule has 4 amide bonds. The van der Waals surface area contributed by atoms with Crippen molar-refractivity contribution in [3.8, 4) is 0 Å². The van der Waals surface area contributed by atoms with E-state index >= 15 is 0 Å². The molecule has 0 heterocycles. The average molecular weight is 468 g/mol. The van der Waals surface area contributed by atoms with E-state index in [4.69, 9.17) is 21.7 Å². The molecule has 0 fully saturated rings. The lowest BCUT2D eigenvalue weighted by Crippen LogP contribution is -2.58. The zero-order valence-corrected chi connectivity index (χ0v) is 17.5. The van der Waals surface area contributed by atoms with E-state index in [1.165, 1.54) is 0 Å². The number of nitrogens with two attached hydrogens (primary N) is 2. The Bertz CT molecular complexity index is 677. The van der Waals surface area contributed by atoms with Crippen LogP contribution in [-0.2, 0) is 28.8 Å². The van der Waals surface area contributed by atoms with Crippen molar-refractivity contribution in [2.24, 2.45) is 11.5 Å². The van der Waals surface area contributed by atoms with Crippen LogP contribution in [0.25, 0.3) is 0 Å². The van der Waals surface area contributed by atoms with Gasteiger partial charge in [0.2, 0.25) is 23.6 Å². The largest absolute Gasteiger partial charge is 0.481 e. The number of carboxylic acid groups (broad SMARTS) is 2. The molecule has 0 saturated carbocycles. The van der Waals surface area contributed by atoms with Gasteiger partial charge in [-0.05, 0) is 6.42 Å². The van der Waals surface area contributed by atoms with Gasteiger partial charge in [-0.1, -0.05) is 0 Å². The van der Waals surface area contributed by atoms with Crippen LogP contribution in [0.3, 0.4) is 0 Å². The molecule has 0 aliphatic heterocycles. The molecule has 0 spiro atoms. The van der Waals surface area contributed by atoms with Crippen LogP contribution < -0.4 is 27.4 Å². The smallest absolute Gasteiger partial charge is 0.326 e. The van der Waals surface area contributed by atoms with E-state index in [-0.39, 0.29) is 17.9 Å². The molecule has 0 aromatic rings. The molecule has 0 rings (SSSR count). The van der Waals surface area contributed by atoms with Crippen molar-refractivity contribution in [1.82, 2.24) is 16.0 Å². The first kappa shape index (κ1) is 27.5. The Balaban J connectivity index is 5.00. The Labute approximate surface area is 182 Å². The first-order chi connectivity index (χ1) is 13.9. The molecule has 13 nitrogen and oxygen atoms in total. The second kappa shape index (κ2) is 13.7. The van der Waals surface area contributed by atoms with Crippen molar-refractivity contribution in [1.29, 1.82) is 0 Å². The third-order valence-corrected chi connectivity index (χ3v) is 4.38. The molecule has 4 atom stereocenters. The second-order valence-electron chi connectivity index (χ2n) is 6.10. The van der Waals surface area contributed by atoms with Crippen molar-refractivity contribution >= 4 is 60.8 Å². The molecule has 30 heavy (non-hydrogen) atoms. The third-order valence-electron chi connectivity index (χ3n) is 3.65. The van der Waals surface area contributed by atoms with Crippen LogP contribution in [-0.4, -0.2) is 81.5 Å². The van der Waals surface area contributed by atoms with Crippen LogP contribution in [0, 0.1) is 0 Å². The van der Waals surface area contributed by atoms with E-state index in [9.17, 15) is 28.8 Å². The van der Waals surface area contributed by atoms with Crippen LogP contribution >= 0.6 is 25.3 Å². The van der Waals surface area contributed by atoms with Crippen molar-refractivity contribution < 1.29 is 39.0 Å². The van der Waals surface area contributed by atoms with E-state index in [0.717, 1.165) is 0 Å². The number of nitrogens with one attached hydrogen (secondary N) is 3. The fourth-order valence-electron chi connectivity index (χ4n) is 2.05. The number of amides is 4. The monoisotopic (exact) mass is 467 g/mol. The van der Waals surface area contributed by atoms with E-state index in [0.29, 0.717) is 0 Å². The zero-order valence-electron chi connectivity index (χ0n) is 15.7.